The molecule has 2 rings (SSSR count). The summed E-state index contributed by atoms with van der Waals surface area (Å²) in [7, 11) is 0. The van der Waals surface area contributed by atoms with Gasteiger partial charge in [0, 0.05) is 11.5 Å². The van der Waals surface area contributed by atoms with Crippen LogP contribution in [-0.4, -0.2) is 9.78 Å². The summed E-state index contributed by atoms with van der Waals surface area (Å²) in [6.07, 6.45) is 4.78. The molecule has 0 bridgehead atoms. The van der Waals surface area contributed by atoms with Crippen LogP contribution in [0.4, 0.5) is 5.82 Å². The van der Waals surface area contributed by atoms with E-state index in [1.54, 1.807) is 0 Å². The maximum Gasteiger partial charge on any atom is 0.130 e. The molecule has 0 spiro atoms. The Balaban J connectivity index is 2.36. The lowest BCUT2D eigenvalue weighted by molar-refractivity contribution is 0.550. The van der Waals surface area contributed by atoms with Gasteiger partial charge in [-0.15, -0.1) is 0 Å². The van der Waals surface area contributed by atoms with Crippen molar-refractivity contribution in [1.29, 1.82) is 0 Å². The first kappa shape index (κ1) is 14.6. The van der Waals surface area contributed by atoms with E-state index in [9.17, 15) is 0 Å². The van der Waals surface area contributed by atoms with Crippen molar-refractivity contribution in [1.82, 2.24) is 9.78 Å². The van der Waals surface area contributed by atoms with Gasteiger partial charge in [-0.1, -0.05) is 44.9 Å². The number of rotatable bonds is 6. The second-order valence-electron chi connectivity index (χ2n) is 5.39. The van der Waals surface area contributed by atoms with E-state index in [1.165, 1.54) is 25.0 Å². The molecular weight excluding hydrogens is 246 g/mol. The number of nitrogen functional groups attached to an aromatic ring is 1. The van der Waals surface area contributed by atoms with Gasteiger partial charge in [-0.05, 0) is 31.9 Å². The number of aromatic nitrogens is 2. The topological polar surface area (TPSA) is 43.8 Å². The van der Waals surface area contributed by atoms with Crippen LogP contribution in [0.1, 0.15) is 56.7 Å². The minimum atomic E-state index is 0.516. The van der Waals surface area contributed by atoms with Crippen molar-refractivity contribution in [3.05, 3.63) is 41.6 Å². The lowest BCUT2D eigenvalue weighted by Crippen LogP contribution is -2.03. The largest absolute Gasteiger partial charge is 0.383 e. The van der Waals surface area contributed by atoms with Crippen LogP contribution in [0.25, 0.3) is 5.69 Å². The molecule has 3 heteroatoms. The molecule has 108 valence electrons. The molecule has 0 saturated heterocycles. The number of unbranched alkanes of at least 4 members (excludes halogenated alkanes) is 1. The fourth-order valence-corrected chi connectivity index (χ4v) is 2.67. The molecule has 0 amide bonds. The van der Waals surface area contributed by atoms with Crippen molar-refractivity contribution in [3.63, 3.8) is 0 Å². The van der Waals surface area contributed by atoms with Crippen molar-refractivity contribution in [3.8, 4) is 5.69 Å². The fourth-order valence-electron chi connectivity index (χ4n) is 2.67. The summed E-state index contributed by atoms with van der Waals surface area (Å²) >= 11 is 0. The predicted octanol–water partition coefficient (Wildman–Crippen LogP) is 4.45. The van der Waals surface area contributed by atoms with Gasteiger partial charge in [-0.3, -0.25) is 0 Å². The van der Waals surface area contributed by atoms with Crippen LogP contribution < -0.4 is 5.73 Å². The second kappa shape index (κ2) is 6.60. The first-order valence-corrected chi connectivity index (χ1v) is 7.59. The van der Waals surface area contributed by atoms with E-state index in [1.807, 2.05) is 35.0 Å². The SMILES string of the molecule is CCCCC(CC)c1nn(-c2ccccc2)c(N)c1C. The van der Waals surface area contributed by atoms with Crippen molar-refractivity contribution in [2.24, 2.45) is 0 Å². The Morgan fingerprint density at radius 1 is 1.20 bits per heavy atom. The molecule has 3 nitrogen and oxygen atoms in total. The smallest absolute Gasteiger partial charge is 0.130 e. The molecule has 0 fully saturated rings. The van der Waals surface area contributed by atoms with E-state index in [-0.39, 0.29) is 0 Å². The Kier molecular flexibility index (Phi) is 4.83. The maximum absolute atomic E-state index is 6.26. The first-order valence-electron chi connectivity index (χ1n) is 7.59. The van der Waals surface area contributed by atoms with Gasteiger partial charge in [0.15, 0.2) is 0 Å². The van der Waals surface area contributed by atoms with Crippen LogP contribution in [0.15, 0.2) is 30.3 Å². The summed E-state index contributed by atoms with van der Waals surface area (Å²) in [5.74, 6) is 1.28. The quantitative estimate of drug-likeness (QED) is 0.843. The predicted molar refractivity (Wildman–Crippen MR) is 85.3 cm³/mol. The minimum Gasteiger partial charge on any atom is -0.383 e. The summed E-state index contributed by atoms with van der Waals surface area (Å²) in [4.78, 5) is 0. The molecule has 2 aromatic rings. The zero-order valence-corrected chi connectivity index (χ0v) is 12.8. The highest BCUT2D eigenvalue weighted by Gasteiger charge is 2.19. The Bertz CT molecular complexity index is 543. The number of nitrogens with zero attached hydrogens (tertiary/aromatic N) is 2. The molecule has 1 atom stereocenters. The van der Waals surface area contributed by atoms with Crippen LogP contribution in [0.5, 0.6) is 0 Å². The number of nitrogens with two attached hydrogens (primary N) is 1. The monoisotopic (exact) mass is 271 g/mol. The van der Waals surface area contributed by atoms with Gasteiger partial charge in [-0.2, -0.15) is 5.10 Å². The first-order chi connectivity index (χ1) is 9.69. The molecular formula is C17H25N3. The van der Waals surface area contributed by atoms with E-state index in [4.69, 9.17) is 10.8 Å². The van der Waals surface area contributed by atoms with E-state index in [0.29, 0.717) is 5.92 Å². The number of benzene rings is 1. The third-order valence-corrected chi connectivity index (χ3v) is 3.99. The Morgan fingerprint density at radius 3 is 2.50 bits per heavy atom. The van der Waals surface area contributed by atoms with Crippen LogP contribution in [0, 0.1) is 6.92 Å². The second-order valence-corrected chi connectivity index (χ2v) is 5.39. The third-order valence-electron chi connectivity index (χ3n) is 3.99. The molecule has 0 aliphatic heterocycles. The van der Waals surface area contributed by atoms with E-state index in [0.717, 1.165) is 23.5 Å². The van der Waals surface area contributed by atoms with Gasteiger partial charge in [0.1, 0.15) is 5.82 Å². The van der Waals surface area contributed by atoms with Gasteiger partial charge in [0.05, 0.1) is 11.4 Å². The molecule has 0 aliphatic rings. The lowest BCUT2D eigenvalue weighted by Gasteiger charge is -2.12. The molecule has 0 radical (unpaired) electrons. The number of hydrogen-bond donors (Lipinski definition) is 1. The minimum absolute atomic E-state index is 0.516. The summed E-state index contributed by atoms with van der Waals surface area (Å²) in [5, 5.41) is 4.80. The number of anilines is 1. The molecule has 1 aromatic carbocycles. The van der Waals surface area contributed by atoms with Crippen LogP contribution in [0.2, 0.25) is 0 Å². The normalized spacial score (nSPS) is 12.6. The highest BCUT2D eigenvalue weighted by Crippen LogP contribution is 2.31. The van der Waals surface area contributed by atoms with E-state index in [2.05, 4.69) is 20.8 Å². The van der Waals surface area contributed by atoms with E-state index >= 15 is 0 Å². The van der Waals surface area contributed by atoms with Gasteiger partial charge in [-0.25, -0.2) is 4.68 Å². The summed E-state index contributed by atoms with van der Waals surface area (Å²) in [6, 6.07) is 10.1. The van der Waals surface area contributed by atoms with Crippen LogP contribution >= 0.6 is 0 Å². The van der Waals surface area contributed by atoms with Gasteiger partial charge in [0.25, 0.3) is 0 Å². The van der Waals surface area contributed by atoms with Crippen molar-refractivity contribution < 1.29 is 0 Å². The summed E-state index contributed by atoms with van der Waals surface area (Å²) in [6.45, 7) is 6.56. The molecule has 0 saturated carbocycles. The summed E-state index contributed by atoms with van der Waals surface area (Å²) in [5.41, 5.74) is 9.59. The molecule has 1 aromatic heterocycles. The molecule has 0 aliphatic carbocycles. The zero-order valence-electron chi connectivity index (χ0n) is 12.8. The van der Waals surface area contributed by atoms with Gasteiger partial charge in [0.2, 0.25) is 0 Å². The molecule has 1 unspecified atom stereocenters. The fraction of sp³-hybridized carbons (Fsp3) is 0.471. The van der Waals surface area contributed by atoms with Crippen molar-refractivity contribution >= 4 is 5.82 Å². The third kappa shape index (κ3) is 2.87. The van der Waals surface area contributed by atoms with Gasteiger partial charge >= 0.3 is 0 Å². The van der Waals surface area contributed by atoms with E-state index < -0.39 is 0 Å². The van der Waals surface area contributed by atoms with Crippen LogP contribution in [0.3, 0.4) is 0 Å². The molecule has 20 heavy (non-hydrogen) atoms. The number of hydrogen-bond acceptors (Lipinski definition) is 2. The number of para-hydroxylation sites is 1. The standard InChI is InChI=1S/C17H25N3/c1-4-6-10-14(5-2)16-13(3)17(18)20(19-16)15-11-8-7-9-12-15/h7-9,11-12,14H,4-6,10,18H2,1-3H3. The average molecular weight is 271 g/mol. The Morgan fingerprint density at radius 2 is 1.90 bits per heavy atom. The van der Waals surface area contributed by atoms with Crippen molar-refractivity contribution in [2.75, 3.05) is 5.73 Å². The van der Waals surface area contributed by atoms with Crippen LogP contribution in [-0.2, 0) is 0 Å². The zero-order chi connectivity index (χ0) is 14.5. The Hall–Kier alpha value is -1.77. The van der Waals surface area contributed by atoms with Crippen molar-refractivity contribution in [2.45, 2.75) is 52.4 Å². The summed E-state index contributed by atoms with van der Waals surface area (Å²) < 4.78 is 1.87. The molecule has 2 N–H and O–H groups in total. The lowest BCUT2D eigenvalue weighted by atomic mass is 9.93. The highest BCUT2D eigenvalue weighted by molar-refractivity contribution is 5.50. The Labute approximate surface area is 121 Å². The van der Waals surface area contributed by atoms with Gasteiger partial charge < -0.3 is 5.73 Å². The highest BCUT2D eigenvalue weighted by atomic mass is 15.3. The molecule has 1 heterocycles. The average Bonchev–Trinajstić information content (AvgIpc) is 2.78. The maximum atomic E-state index is 6.26.